The average Bonchev–Trinajstić information content (AvgIpc) is 2.46. The van der Waals surface area contributed by atoms with E-state index in [1.54, 1.807) is 13.0 Å². The van der Waals surface area contributed by atoms with Crippen molar-refractivity contribution in [2.45, 2.75) is 52.2 Å². The lowest BCUT2D eigenvalue weighted by atomic mass is 10.1. The van der Waals surface area contributed by atoms with Gasteiger partial charge < -0.3 is 19.0 Å². The lowest BCUT2D eigenvalue weighted by Crippen LogP contribution is -2.44. The van der Waals surface area contributed by atoms with E-state index >= 15 is 0 Å². The molecule has 1 aromatic carbocycles. The molecule has 130 valence electrons. The monoisotopic (exact) mass is 340 g/mol. The van der Waals surface area contributed by atoms with E-state index in [4.69, 9.17) is 13.9 Å². The molecule has 1 N–H and O–H groups in total. The number of aromatic hydroxyl groups is 1. The fourth-order valence-corrected chi connectivity index (χ4v) is 2.88. The van der Waals surface area contributed by atoms with Gasteiger partial charge in [-0.25, -0.2) is 0 Å². The maximum absolute atomic E-state index is 12.2. The first kappa shape index (κ1) is 19.4. The molecule has 0 saturated heterocycles. The van der Waals surface area contributed by atoms with Crippen LogP contribution in [0.5, 0.6) is 23.0 Å². The van der Waals surface area contributed by atoms with Gasteiger partial charge in [-0.15, -0.1) is 0 Å². The number of methoxy groups -OCH3 is 2. The Morgan fingerprint density at radius 3 is 2.09 bits per heavy atom. The third-order valence-corrected chi connectivity index (χ3v) is 8.71. The van der Waals surface area contributed by atoms with Crippen molar-refractivity contribution in [1.82, 2.24) is 0 Å². The third-order valence-electron chi connectivity index (χ3n) is 4.39. The van der Waals surface area contributed by atoms with Crippen LogP contribution in [-0.2, 0) is 0 Å². The number of hydrogen-bond donors (Lipinski definition) is 1. The van der Waals surface area contributed by atoms with E-state index < -0.39 is 8.32 Å². The molecule has 6 heteroatoms. The summed E-state index contributed by atoms with van der Waals surface area (Å²) in [6.07, 6.45) is 0.260. The Morgan fingerprint density at radius 2 is 1.70 bits per heavy atom. The van der Waals surface area contributed by atoms with Crippen molar-refractivity contribution in [2.75, 3.05) is 14.2 Å². The van der Waals surface area contributed by atoms with Gasteiger partial charge in [-0.05, 0) is 18.1 Å². The van der Waals surface area contributed by atoms with Crippen LogP contribution in [0.15, 0.2) is 6.07 Å². The van der Waals surface area contributed by atoms with Crippen molar-refractivity contribution in [3.8, 4) is 23.0 Å². The molecule has 0 aliphatic carbocycles. The number of carbonyl (C=O) groups is 1. The first-order chi connectivity index (χ1) is 10.5. The van der Waals surface area contributed by atoms with Gasteiger partial charge in [-0.3, -0.25) is 4.79 Å². The topological polar surface area (TPSA) is 65.0 Å². The van der Waals surface area contributed by atoms with Gasteiger partial charge in [0.15, 0.2) is 23.0 Å². The normalized spacial score (nSPS) is 12.0. The summed E-state index contributed by atoms with van der Waals surface area (Å²) in [4.78, 5) is 12.2. The molecular weight excluding hydrogens is 312 g/mol. The molecule has 1 aromatic rings. The van der Waals surface area contributed by atoms with Crippen molar-refractivity contribution >= 4 is 14.1 Å². The molecular formula is C17H28O5Si. The van der Waals surface area contributed by atoms with Crippen LogP contribution in [0.1, 0.15) is 44.5 Å². The second-order valence-corrected chi connectivity index (χ2v) is 11.7. The maximum Gasteiger partial charge on any atom is 0.250 e. The molecule has 5 nitrogen and oxygen atoms in total. The van der Waals surface area contributed by atoms with Crippen LogP contribution in [0.4, 0.5) is 0 Å². The smallest absolute Gasteiger partial charge is 0.250 e. The first-order valence-corrected chi connectivity index (χ1v) is 10.6. The summed E-state index contributed by atoms with van der Waals surface area (Å²) in [7, 11) is 0.735. The second-order valence-electron chi connectivity index (χ2n) is 6.97. The fourth-order valence-electron chi connectivity index (χ4n) is 1.87. The molecule has 0 bridgehead atoms. The second kappa shape index (κ2) is 6.82. The van der Waals surface area contributed by atoms with Crippen LogP contribution in [0.3, 0.4) is 0 Å². The average molecular weight is 340 g/mol. The number of carbonyl (C=O) groups excluding carboxylic acids is 1. The van der Waals surface area contributed by atoms with Crippen LogP contribution in [0.2, 0.25) is 18.1 Å². The van der Waals surface area contributed by atoms with Gasteiger partial charge in [-0.2, -0.15) is 0 Å². The molecule has 0 aliphatic rings. The summed E-state index contributed by atoms with van der Waals surface area (Å²) < 4.78 is 16.8. The summed E-state index contributed by atoms with van der Waals surface area (Å²) in [6, 6.07) is 1.59. The predicted molar refractivity (Wildman–Crippen MR) is 93.7 cm³/mol. The quantitative estimate of drug-likeness (QED) is 0.615. The molecule has 0 radical (unpaired) electrons. The van der Waals surface area contributed by atoms with Gasteiger partial charge in [0.25, 0.3) is 8.32 Å². The van der Waals surface area contributed by atoms with E-state index in [0.29, 0.717) is 5.75 Å². The number of rotatable bonds is 6. The zero-order chi connectivity index (χ0) is 18.0. The minimum absolute atomic E-state index is 0.0562. The summed E-state index contributed by atoms with van der Waals surface area (Å²) in [6.45, 7) is 12.2. The van der Waals surface area contributed by atoms with Crippen LogP contribution < -0.4 is 13.9 Å². The number of ketones is 1. The highest BCUT2D eigenvalue weighted by molar-refractivity contribution is 6.74. The molecule has 0 amide bonds. The first-order valence-electron chi connectivity index (χ1n) is 7.70. The summed E-state index contributed by atoms with van der Waals surface area (Å²) in [5.41, 5.74) is 0.143. The number of phenols is 1. The molecule has 23 heavy (non-hydrogen) atoms. The lowest BCUT2D eigenvalue weighted by molar-refractivity contribution is 0.0982. The summed E-state index contributed by atoms with van der Waals surface area (Å²) >= 11 is 0. The molecule has 0 aromatic heterocycles. The predicted octanol–water partition coefficient (Wildman–Crippen LogP) is 4.39. The molecule has 0 fully saturated rings. The third kappa shape index (κ3) is 3.80. The Kier molecular flexibility index (Phi) is 5.74. The van der Waals surface area contributed by atoms with Crippen LogP contribution in [-0.4, -0.2) is 33.4 Å². The van der Waals surface area contributed by atoms with Gasteiger partial charge in [0.1, 0.15) is 11.3 Å². The minimum Gasteiger partial charge on any atom is -0.539 e. The number of phenolic OH excluding ortho intramolecular Hbond substituents is 1. The highest BCUT2D eigenvalue weighted by Gasteiger charge is 2.41. The number of hydrogen-bond acceptors (Lipinski definition) is 5. The summed E-state index contributed by atoms with van der Waals surface area (Å²) in [5, 5.41) is 10.6. The van der Waals surface area contributed by atoms with Crippen LogP contribution >= 0.6 is 0 Å². The minimum atomic E-state index is -2.21. The SMILES string of the molecule is CCC(=O)c1c(OC)cc(OC)c(O[Si](C)(C)C(C)(C)C)c1O. The lowest BCUT2D eigenvalue weighted by Gasteiger charge is -2.37. The standard InChI is InChI=1S/C17H28O5Si/c1-9-11(18)14-12(20-5)10-13(21-6)16(15(14)19)22-23(7,8)17(2,3)4/h10,19H,9H2,1-8H3. The van der Waals surface area contributed by atoms with E-state index in [1.165, 1.54) is 14.2 Å². The number of ether oxygens (including phenoxy) is 2. The maximum atomic E-state index is 12.2. The van der Waals surface area contributed by atoms with Gasteiger partial charge in [-0.1, -0.05) is 27.7 Å². The van der Waals surface area contributed by atoms with Gasteiger partial charge >= 0.3 is 0 Å². The van der Waals surface area contributed by atoms with Crippen molar-refractivity contribution < 1.29 is 23.8 Å². The van der Waals surface area contributed by atoms with E-state index in [2.05, 4.69) is 33.9 Å². The summed E-state index contributed by atoms with van der Waals surface area (Å²) in [5.74, 6) is 0.447. The number of Topliss-reactive ketones (excluding diaryl/α,β-unsaturated/α-hetero) is 1. The molecule has 0 spiro atoms. The zero-order valence-corrected chi connectivity index (χ0v) is 16.4. The molecule has 0 saturated carbocycles. The van der Waals surface area contributed by atoms with E-state index in [9.17, 15) is 9.90 Å². The highest BCUT2D eigenvalue weighted by atomic mass is 28.4. The van der Waals surface area contributed by atoms with Crippen molar-refractivity contribution in [3.05, 3.63) is 11.6 Å². The van der Waals surface area contributed by atoms with E-state index in [1.807, 2.05) is 0 Å². The molecule has 0 heterocycles. The van der Waals surface area contributed by atoms with Crippen molar-refractivity contribution in [3.63, 3.8) is 0 Å². The highest BCUT2D eigenvalue weighted by Crippen LogP contribution is 2.48. The fraction of sp³-hybridized carbons (Fsp3) is 0.588. The van der Waals surface area contributed by atoms with Crippen molar-refractivity contribution in [1.29, 1.82) is 0 Å². The van der Waals surface area contributed by atoms with Crippen LogP contribution in [0.25, 0.3) is 0 Å². The van der Waals surface area contributed by atoms with Crippen LogP contribution in [0, 0.1) is 0 Å². The Bertz CT molecular complexity index is 588. The van der Waals surface area contributed by atoms with Crippen molar-refractivity contribution in [2.24, 2.45) is 0 Å². The molecule has 1 rings (SSSR count). The Hall–Kier alpha value is -1.69. The molecule has 0 unspecified atom stereocenters. The Labute approximate surface area is 139 Å². The van der Waals surface area contributed by atoms with E-state index in [0.717, 1.165) is 0 Å². The Morgan fingerprint density at radius 1 is 1.17 bits per heavy atom. The molecule has 0 aliphatic heterocycles. The van der Waals surface area contributed by atoms with E-state index in [-0.39, 0.29) is 40.1 Å². The zero-order valence-electron chi connectivity index (χ0n) is 15.4. The Balaban J connectivity index is 3.56. The molecule has 0 atom stereocenters. The largest absolute Gasteiger partial charge is 0.539 e. The number of benzene rings is 1. The van der Waals surface area contributed by atoms with Gasteiger partial charge in [0.2, 0.25) is 0 Å². The van der Waals surface area contributed by atoms with Gasteiger partial charge in [0, 0.05) is 12.5 Å². The van der Waals surface area contributed by atoms with Gasteiger partial charge in [0.05, 0.1) is 14.2 Å².